The van der Waals surface area contributed by atoms with Gasteiger partial charge in [0.2, 0.25) is 17.9 Å². The SMILES string of the molecule is CCCCCC1(CCCCC)OC2C=C(C(=O)N3CCCC3C(=O)NC(CO)CCC(=O)OC(C)(C)C)CC(OC(=O)c3ccc(C=CC(=O)OC4C(=O)OCC4(C)C)cc3)C2O1. The predicted octanol–water partition coefficient (Wildman–Crippen LogP) is 6.28. The highest BCUT2D eigenvalue weighted by molar-refractivity contribution is 5.98. The average molecular weight is 881 g/mol. The molecule has 3 saturated heterocycles. The summed E-state index contributed by atoms with van der Waals surface area (Å²) in [5, 5.41) is 12.9. The number of carbonyl (C=O) groups is 6. The van der Waals surface area contributed by atoms with E-state index < -0.39 is 89.7 Å². The lowest BCUT2D eigenvalue weighted by molar-refractivity contribution is -0.190. The van der Waals surface area contributed by atoms with Gasteiger partial charge < -0.3 is 43.7 Å². The average Bonchev–Trinajstić information content (AvgIpc) is 3.94. The summed E-state index contributed by atoms with van der Waals surface area (Å²) in [6.45, 7) is 13.2. The van der Waals surface area contributed by atoms with Crippen molar-refractivity contribution in [3.63, 3.8) is 0 Å². The number of fused-ring (bicyclic) bond motifs is 1. The van der Waals surface area contributed by atoms with Crippen LogP contribution in [0.2, 0.25) is 0 Å². The van der Waals surface area contributed by atoms with Crippen molar-refractivity contribution in [2.45, 2.75) is 180 Å². The molecule has 3 aliphatic heterocycles. The third kappa shape index (κ3) is 13.5. The number of hydrogen-bond donors (Lipinski definition) is 2. The number of amides is 2. The Hall–Kier alpha value is -4.60. The van der Waals surface area contributed by atoms with Crippen LogP contribution in [-0.2, 0) is 52.4 Å². The molecule has 6 unspecified atom stereocenters. The Kier molecular flexibility index (Phi) is 17.1. The Balaban J connectivity index is 1.31. The molecule has 0 radical (unpaired) electrons. The molecule has 1 aromatic rings. The normalized spacial score (nSPS) is 24.3. The molecule has 4 aliphatic rings. The number of esters is 4. The lowest BCUT2D eigenvalue weighted by Crippen LogP contribution is -2.51. The van der Waals surface area contributed by atoms with Crippen LogP contribution in [0, 0.1) is 5.41 Å². The van der Waals surface area contributed by atoms with E-state index in [9.17, 15) is 33.9 Å². The summed E-state index contributed by atoms with van der Waals surface area (Å²) in [6.07, 6.45) is 9.47. The Labute approximate surface area is 371 Å². The molecule has 0 bridgehead atoms. The third-order valence-electron chi connectivity index (χ3n) is 11.8. The first-order valence-corrected chi connectivity index (χ1v) is 22.7. The van der Waals surface area contributed by atoms with Crippen molar-refractivity contribution in [3.8, 4) is 0 Å². The molecule has 3 fully saturated rings. The molecule has 3 heterocycles. The number of cyclic esters (lactones) is 1. The van der Waals surface area contributed by atoms with Gasteiger partial charge in [0.25, 0.3) is 0 Å². The van der Waals surface area contributed by atoms with Gasteiger partial charge in [0.15, 0.2) is 5.79 Å². The smallest absolute Gasteiger partial charge is 0.348 e. The van der Waals surface area contributed by atoms with Gasteiger partial charge in [-0.25, -0.2) is 14.4 Å². The minimum Gasteiger partial charge on any atom is -0.462 e. The Morgan fingerprint density at radius 2 is 1.67 bits per heavy atom. The fourth-order valence-electron chi connectivity index (χ4n) is 8.44. The molecule has 6 atom stereocenters. The van der Waals surface area contributed by atoms with E-state index >= 15 is 0 Å². The first kappa shape index (κ1) is 49.4. The van der Waals surface area contributed by atoms with Crippen molar-refractivity contribution in [3.05, 3.63) is 53.1 Å². The highest BCUT2D eigenvalue weighted by atomic mass is 16.8. The topological polar surface area (TPSA) is 193 Å². The molecule has 5 rings (SSSR count). The van der Waals surface area contributed by atoms with Crippen LogP contribution in [0.1, 0.15) is 148 Å². The van der Waals surface area contributed by atoms with E-state index in [1.807, 2.05) is 0 Å². The second-order valence-corrected chi connectivity index (χ2v) is 18.9. The molecular formula is C48H68N2O13. The van der Waals surface area contributed by atoms with Gasteiger partial charge in [-0.2, -0.15) is 0 Å². The van der Waals surface area contributed by atoms with Crippen LogP contribution in [0.15, 0.2) is 42.0 Å². The molecule has 15 nitrogen and oxygen atoms in total. The molecule has 0 spiro atoms. The summed E-state index contributed by atoms with van der Waals surface area (Å²) in [4.78, 5) is 80.4. The fraction of sp³-hybridized carbons (Fsp3) is 0.667. The summed E-state index contributed by atoms with van der Waals surface area (Å²) in [5.41, 5.74) is -0.123. The summed E-state index contributed by atoms with van der Waals surface area (Å²) in [5.74, 6) is -4.08. The van der Waals surface area contributed by atoms with Gasteiger partial charge >= 0.3 is 23.9 Å². The molecule has 1 aliphatic carbocycles. The lowest BCUT2D eigenvalue weighted by atomic mass is 9.90. The number of rotatable bonds is 20. The minimum absolute atomic E-state index is 0.00332. The van der Waals surface area contributed by atoms with Crippen LogP contribution in [0.5, 0.6) is 0 Å². The Bertz CT molecular complexity index is 1840. The number of nitrogens with zero attached hydrogens (tertiary/aromatic N) is 1. The zero-order valence-corrected chi connectivity index (χ0v) is 38.1. The molecule has 0 aromatic heterocycles. The number of aliphatic hydroxyl groups is 1. The van der Waals surface area contributed by atoms with Crippen molar-refractivity contribution in [2.24, 2.45) is 5.41 Å². The van der Waals surface area contributed by atoms with E-state index in [1.165, 1.54) is 17.1 Å². The maximum absolute atomic E-state index is 14.5. The highest BCUT2D eigenvalue weighted by Crippen LogP contribution is 2.44. The van der Waals surface area contributed by atoms with E-state index in [-0.39, 0.29) is 37.3 Å². The van der Waals surface area contributed by atoms with Crippen LogP contribution >= 0.6 is 0 Å². The van der Waals surface area contributed by atoms with Gasteiger partial charge in [0, 0.05) is 49.3 Å². The van der Waals surface area contributed by atoms with Crippen molar-refractivity contribution >= 4 is 41.8 Å². The molecular weight excluding hydrogens is 813 g/mol. The van der Waals surface area contributed by atoms with Crippen LogP contribution in [0.3, 0.4) is 0 Å². The van der Waals surface area contributed by atoms with Gasteiger partial charge in [0.1, 0.15) is 36.6 Å². The number of hydrogen-bond acceptors (Lipinski definition) is 13. The third-order valence-corrected chi connectivity index (χ3v) is 11.8. The quantitative estimate of drug-likeness (QED) is 0.0644. The molecule has 2 amide bonds. The van der Waals surface area contributed by atoms with Crippen LogP contribution in [-0.4, -0.2) is 113 Å². The van der Waals surface area contributed by atoms with E-state index in [1.54, 1.807) is 65.0 Å². The van der Waals surface area contributed by atoms with E-state index in [0.29, 0.717) is 43.4 Å². The summed E-state index contributed by atoms with van der Waals surface area (Å²) in [7, 11) is 0. The maximum atomic E-state index is 14.5. The first-order valence-electron chi connectivity index (χ1n) is 22.7. The molecule has 0 saturated carbocycles. The van der Waals surface area contributed by atoms with Crippen molar-refractivity contribution in [2.75, 3.05) is 19.8 Å². The lowest BCUT2D eigenvalue weighted by Gasteiger charge is -2.33. The van der Waals surface area contributed by atoms with Crippen LogP contribution in [0.4, 0.5) is 0 Å². The zero-order chi connectivity index (χ0) is 46.0. The number of nitrogens with one attached hydrogen (secondary N) is 1. The van der Waals surface area contributed by atoms with Gasteiger partial charge in [-0.3, -0.25) is 14.4 Å². The van der Waals surface area contributed by atoms with Crippen LogP contribution in [0.25, 0.3) is 6.08 Å². The standard InChI is InChI=1S/C48H68N2O13/c1-8-10-12-24-48(25-13-11-9-2)61-37-28-33(43(55)50-26-14-15-35(50)42(54)49-34(29-51)21-23-39(53)62-46(3,4)5)27-36(40(37)63-48)59-44(56)32-19-16-31(17-20-32)18-22-38(52)60-41-45(57)58-30-47(41,6)7/h16-20,22,28,34-37,40-41,51H,8-15,21,23-27,29-30H2,1-7H3,(H,49,54). The maximum Gasteiger partial charge on any atom is 0.348 e. The summed E-state index contributed by atoms with van der Waals surface area (Å²) >= 11 is 0. The molecule has 348 valence electrons. The van der Waals surface area contributed by atoms with Gasteiger partial charge in [0.05, 0.1) is 18.2 Å². The largest absolute Gasteiger partial charge is 0.462 e. The number of aliphatic hydroxyl groups excluding tert-OH is 1. The summed E-state index contributed by atoms with van der Waals surface area (Å²) < 4.78 is 35.6. The number of unbranched alkanes of at least 4 members (excludes halogenated alkanes) is 4. The molecule has 63 heavy (non-hydrogen) atoms. The Morgan fingerprint density at radius 3 is 2.27 bits per heavy atom. The van der Waals surface area contributed by atoms with Crippen molar-refractivity contribution in [1.82, 2.24) is 10.2 Å². The first-order chi connectivity index (χ1) is 29.9. The van der Waals surface area contributed by atoms with Crippen molar-refractivity contribution < 1.29 is 62.3 Å². The van der Waals surface area contributed by atoms with E-state index in [2.05, 4.69) is 19.2 Å². The Morgan fingerprint density at radius 1 is 0.984 bits per heavy atom. The van der Waals surface area contributed by atoms with Crippen LogP contribution < -0.4 is 5.32 Å². The van der Waals surface area contributed by atoms with E-state index in [0.717, 1.165) is 38.5 Å². The number of carbonyl (C=O) groups excluding carboxylic acids is 6. The monoisotopic (exact) mass is 880 g/mol. The predicted molar refractivity (Wildman–Crippen MR) is 232 cm³/mol. The molecule has 1 aromatic carbocycles. The minimum atomic E-state index is -1.01. The van der Waals surface area contributed by atoms with E-state index in [4.69, 9.17) is 28.4 Å². The zero-order valence-electron chi connectivity index (χ0n) is 38.1. The highest BCUT2D eigenvalue weighted by Gasteiger charge is 2.53. The fourth-order valence-corrected chi connectivity index (χ4v) is 8.44. The molecule has 15 heteroatoms. The second-order valence-electron chi connectivity index (χ2n) is 18.9. The van der Waals surface area contributed by atoms with Gasteiger partial charge in [-0.1, -0.05) is 65.5 Å². The van der Waals surface area contributed by atoms with Gasteiger partial charge in [-0.15, -0.1) is 0 Å². The van der Waals surface area contributed by atoms with Gasteiger partial charge in [-0.05, 0) is 82.7 Å². The number of benzene rings is 1. The number of ether oxygens (including phenoxy) is 6. The van der Waals surface area contributed by atoms with Crippen molar-refractivity contribution in [1.29, 1.82) is 0 Å². The second kappa shape index (κ2) is 21.9. The summed E-state index contributed by atoms with van der Waals surface area (Å²) in [6, 6.07) is 4.91. The number of likely N-dealkylation sites (tertiary alicyclic amines) is 1. The molecule has 2 N–H and O–H groups in total.